The number of nitrogens with zero attached hydrogens (tertiary/aromatic N) is 1. The molecule has 0 radical (unpaired) electrons. The zero-order valence-corrected chi connectivity index (χ0v) is 9.40. The third-order valence-corrected chi connectivity index (χ3v) is 2.72. The zero-order chi connectivity index (χ0) is 12.3. The van der Waals surface area contributed by atoms with Gasteiger partial charge in [0.2, 0.25) is 0 Å². The van der Waals surface area contributed by atoms with Gasteiger partial charge in [-0.05, 0) is 31.0 Å². The van der Waals surface area contributed by atoms with Gasteiger partial charge in [0.15, 0.2) is 0 Å². The number of nitrogens with two attached hydrogens (primary N) is 1. The number of rotatable bonds is 4. The van der Waals surface area contributed by atoms with Crippen molar-refractivity contribution in [3.05, 3.63) is 41.2 Å². The Balaban J connectivity index is 2.24. The van der Waals surface area contributed by atoms with Gasteiger partial charge in [0.05, 0.1) is 17.3 Å². The minimum atomic E-state index is 0.433. The maximum Gasteiger partial charge on any atom is 0.0992 e. The molecule has 2 rings (SSSR count). The molecule has 0 unspecified atom stereocenters. The average molecular weight is 226 g/mol. The number of hydrogen-bond acceptors (Lipinski definition) is 4. The number of nitrogens with one attached hydrogen (secondary N) is 2. The van der Waals surface area contributed by atoms with Gasteiger partial charge in [0.25, 0.3) is 0 Å². The highest BCUT2D eigenvalue weighted by molar-refractivity contribution is 5.77. The molecule has 1 aliphatic rings. The van der Waals surface area contributed by atoms with Crippen LogP contribution in [0.1, 0.15) is 18.4 Å². The molecule has 0 saturated heterocycles. The fraction of sp³-hybridized carbons (Fsp3) is 0.231. The lowest BCUT2D eigenvalue weighted by Crippen LogP contribution is -2.12. The molecule has 17 heavy (non-hydrogen) atoms. The van der Waals surface area contributed by atoms with Crippen molar-refractivity contribution < 1.29 is 0 Å². The highest BCUT2D eigenvalue weighted by Crippen LogP contribution is 2.37. The van der Waals surface area contributed by atoms with Crippen molar-refractivity contribution in [1.82, 2.24) is 0 Å². The van der Waals surface area contributed by atoms with Crippen molar-refractivity contribution in [3.63, 3.8) is 0 Å². The summed E-state index contributed by atoms with van der Waals surface area (Å²) in [6.45, 7) is 0. The first-order valence-electron chi connectivity index (χ1n) is 5.52. The minimum absolute atomic E-state index is 0.433. The second-order valence-corrected chi connectivity index (χ2v) is 4.11. The molecule has 86 valence electrons. The molecule has 1 aromatic carbocycles. The number of hydrogen-bond donors (Lipinski definition) is 3. The SMILES string of the molecule is N#Cc1cccc(N/C(=C(/N)C=N)C2CC2)c1. The van der Waals surface area contributed by atoms with E-state index in [9.17, 15) is 0 Å². The number of allylic oxidation sites excluding steroid dienone is 2. The summed E-state index contributed by atoms with van der Waals surface area (Å²) < 4.78 is 0. The molecule has 0 heterocycles. The average Bonchev–Trinajstić information content (AvgIpc) is 3.19. The predicted molar refractivity (Wildman–Crippen MR) is 67.5 cm³/mol. The van der Waals surface area contributed by atoms with E-state index in [1.165, 1.54) is 0 Å². The van der Waals surface area contributed by atoms with E-state index >= 15 is 0 Å². The van der Waals surface area contributed by atoms with E-state index in [0.29, 0.717) is 17.2 Å². The number of anilines is 1. The van der Waals surface area contributed by atoms with E-state index in [4.69, 9.17) is 16.4 Å². The summed E-state index contributed by atoms with van der Waals surface area (Å²) in [5, 5.41) is 19.2. The molecule has 4 N–H and O–H groups in total. The van der Waals surface area contributed by atoms with Crippen molar-refractivity contribution >= 4 is 11.9 Å². The number of benzene rings is 1. The lowest BCUT2D eigenvalue weighted by Gasteiger charge is -2.12. The van der Waals surface area contributed by atoms with Crippen LogP contribution in [0.15, 0.2) is 35.7 Å². The second-order valence-electron chi connectivity index (χ2n) is 4.11. The van der Waals surface area contributed by atoms with E-state index in [1.54, 1.807) is 12.1 Å². The van der Waals surface area contributed by atoms with Crippen LogP contribution in [-0.2, 0) is 0 Å². The summed E-state index contributed by atoms with van der Waals surface area (Å²) >= 11 is 0. The van der Waals surface area contributed by atoms with Gasteiger partial charge >= 0.3 is 0 Å². The van der Waals surface area contributed by atoms with Gasteiger partial charge in [0, 0.05) is 23.5 Å². The van der Waals surface area contributed by atoms with Crippen molar-refractivity contribution in [3.8, 4) is 6.07 Å². The van der Waals surface area contributed by atoms with Crippen molar-refractivity contribution in [2.45, 2.75) is 12.8 Å². The van der Waals surface area contributed by atoms with E-state index in [-0.39, 0.29) is 0 Å². The normalized spacial score (nSPS) is 15.7. The topological polar surface area (TPSA) is 85.7 Å². The van der Waals surface area contributed by atoms with Crippen LogP contribution in [0, 0.1) is 22.7 Å². The standard InChI is InChI=1S/C13H14N4/c14-7-9-2-1-3-11(6-9)17-13(10-4-5-10)12(16)8-15/h1-3,6,8,10,15,17H,4-5,16H2/b13-12+,15-8?. The van der Waals surface area contributed by atoms with Crippen LogP contribution in [0.2, 0.25) is 0 Å². The summed E-state index contributed by atoms with van der Waals surface area (Å²) in [5.74, 6) is 0.433. The maximum absolute atomic E-state index is 8.82. The molecule has 1 aliphatic carbocycles. The lowest BCUT2D eigenvalue weighted by atomic mass is 10.2. The molecule has 1 saturated carbocycles. The van der Waals surface area contributed by atoms with Crippen LogP contribution < -0.4 is 11.1 Å². The molecule has 1 aromatic rings. The first-order valence-corrected chi connectivity index (χ1v) is 5.52. The molecule has 4 heteroatoms. The first-order chi connectivity index (χ1) is 8.24. The fourth-order valence-electron chi connectivity index (χ4n) is 1.68. The highest BCUT2D eigenvalue weighted by atomic mass is 14.9. The van der Waals surface area contributed by atoms with Crippen LogP contribution >= 0.6 is 0 Å². The van der Waals surface area contributed by atoms with Crippen LogP contribution in [0.5, 0.6) is 0 Å². The molecule has 0 aromatic heterocycles. The van der Waals surface area contributed by atoms with Crippen molar-refractivity contribution in [2.24, 2.45) is 11.7 Å². The molecule has 4 nitrogen and oxygen atoms in total. The van der Waals surface area contributed by atoms with Crippen LogP contribution in [0.4, 0.5) is 5.69 Å². The molecule has 0 bridgehead atoms. The monoisotopic (exact) mass is 226 g/mol. The Morgan fingerprint density at radius 3 is 2.88 bits per heavy atom. The van der Waals surface area contributed by atoms with E-state index in [2.05, 4.69) is 11.4 Å². The van der Waals surface area contributed by atoms with Crippen molar-refractivity contribution in [1.29, 1.82) is 10.7 Å². The fourth-order valence-corrected chi connectivity index (χ4v) is 1.68. The molecule has 0 atom stereocenters. The molecule has 0 spiro atoms. The van der Waals surface area contributed by atoms with Crippen LogP contribution in [-0.4, -0.2) is 6.21 Å². The summed E-state index contributed by atoms with van der Waals surface area (Å²) in [6, 6.07) is 9.34. The zero-order valence-electron chi connectivity index (χ0n) is 9.40. The predicted octanol–water partition coefficient (Wildman–Crippen LogP) is 2.20. The summed E-state index contributed by atoms with van der Waals surface area (Å²) in [4.78, 5) is 0. The molecular weight excluding hydrogens is 212 g/mol. The Morgan fingerprint density at radius 1 is 1.53 bits per heavy atom. The van der Waals surface area contributed by atoms with Gasteiger partial charge in [-0.15, -0.1) is 0 Å². The van der Waals surface area contributed by atoms with Gasteiger partial charge in [-0.2, -0.15) is 5.26 Å². The highest BCUT2D eigenvalue weighted by Gasteiger charge is 2.27. The second kappa shape index (κ2) is 4.71. The molecular formula is C13H14N4. The smallest absolute Gasteiger partial charge is 0.0992 e. The van der Waals surface area contributed by atoms with Crippen LogP contribution in [0.3, 0.4) is 0 Å². The van der Waals surface area contributed by atoms with Gasteiger partial charge in [-0.25, -0.2) is 0 Å². The Morgan fingerprint density at radius 2 is 2.29 bits per heavy atom. The summed E-state index contributed by atoms with van der Waals surface area (Å²) in [7, 11) is 0. The van der Waals surface area contributed by atoms with E-state index in [1.807, 2.05) is 12.1 Å². The Labute approximate surface area is 100 Å². The van der Waals surface area contributed by atoms with Gasteiger partial charge in [-0.1, -0.05) is 6.07 Å². The minimum Gasteiger partial charge on any atom is -0.396 e. The van der Waals surface area contributed by atoms with Gasteiger partial charge < -0.3 is 16.5 Å². The summed E-state index contributed by atoms with van der Waals surface area (Å²) in [5.41, 5.74) is 8.60. The molecule has 0 aliphatic heterocycles. The maximum atomic E-state index is 8.82. The summed E-state index contributed by atoms with van der Waals surface area (Å²) in [6.07, 6.45) is 3.37. The lowest BCUT2D eigenvalue weighted by molar-refractivity contribution is 0.991. The Bertz CT molecular complexity index is 506. The third-order valence-electron chi connectivity index (χ3n) is 2.72. The number of nitriles is 1. The van der Waals surface area contributed by atoms with E-state index in [0.717, 1.165) is 30.4 Å². The van der Waals surface area contributed by atoms with Gasteiger partial charge in [0.1, 0.15) is 0 Å². The molecule has 0 amide bonds. The van der Waals surface area contributed by atoms with Gasteiger partial charge in [-0.3, -0.25) is 0 Å². The third kappa shape index (κ3) is 2.64. The first kappa shape index (κ1) is 11.2. The largest absolute Gasteiger partial charge is 0.396 e. The Hall–Kier alpha value is -2.28. The van der Waals surface area contributed by atoms with Crippen LogP contribution in [0.25, 0.3) is 0 Å². The van der Waals surface area contributed by atoms with E-state index < -0.39 is 0 Å². The quantitative estimate of drug-likeness (QED) is 0.688. The molecule has 1 fully saturated rings. The Kier molecular flexibility index (Phi) is 3.10. The van der Waals surface area contributed by atoms with Crippen molar-refractivity contribution in [2.75, 3.05) is 5.32 Å².